The predicted octanol–water partition coefficient (Wildman–Crippen LogP) is 3.34. The van der Waals surface area contributed by atoms with E-state index < -0.39 is 18.5 Å². The van der Waals surface area contributed by atoms with Crippen molar-refractivity contribution in [1.29, 1.82) is 0 Å². The maximum Gasteiger partial charge on any atom is 0.344 e. The van der Waals surface area contributed by atoms with Gasteiger partial charge in [0.15, 0.2) is 19.0 Å². The lowest BCUT2D eigenvalue weighted by molar-refractivity contribution is -0.150. The van der Waals surface area contributed by atoms with E-state index in [1.165, 1.54) is 13.0 Å². The predicted molar refractivity (Wildman–Crippen MR) is 101 cm³/mol. The normalized spacial score (nSPS) is 11.4. The quantitative estimate of drug-likeness (QED) is 0.553. The van der Waals surface area contributed by atoms with Crippen molar-refractivity contribution in [2.75, 3.05) is 13.2 Å². The van der Waals surface area contributed by atoms with Crippen LogP contribution in [0.3, 0.4) is 0 Å². The third kappa shape index (κ3) is 6.75. The molecule has 0 bridgehead atoms. The summed E-state index contributed by atoms with van der Waals surface area (Å²) >= 11 is 5.93. The molecule has 0 spiro atoms. The molecule has 2 aromatic carbocycles. The van der Waals surface area contributed by atoms with Crippen LogP contribution in [0.15, 0.2) is 48.5 Å². The molecule has 1 atom stereocenters. The van der Waals surface area contributed by atoms with E-state index in [9.17, 15) is 14.4 Å². The van der Waals surface area contributed by atoms with Crippen LogP contribution in [-0.2, 0) is 14.3 Å². The van der Waals surface area contributed by atoms with E-state index in [2.05, 4.69) is 5.32 Å². The van der Waals surface area contributed by atoms with Crippen LogP contribution in [0, 0.1) is 0 Å². The minimum absolute atomic E-state index is 0.103. The summed E-state index contributed by atoms with van der Waals surface area (Å²) in [5.74, 6) is -0.851. The third-order valence-electron chi connectivity index (χ3n) is 3.69. The van der Waals surface area contributed by atoms with Gasteiger partial charge in [-0.25, -0.2) is 4.79 Å². The monoisotopic (exact) mass is 389 g/mol. The van der Waals surface area contributed by atoms with Crippen molar-refractivity contribution in [3.63, 3.8) is 0 Å². The lowest BCUT2D eigenvalue weighted by Crippen LogP contribution is -2.31. The molecule has 0 fully saturated rings. The molecule has 27 heavy (non-hydrogen) atoms. The molecule has 0 aliphatic rings. The zero-order valence-electron chi connectivity index (χ0n) is 15.0. The maximum absolute atomic E-state index is 11.9. The highest BCUT2D eigenvalue weighted by molar-refractivity contribution is 6.30. The Kier molecular flexibility index (Phi) is 7.37. The van der Waals surface area contributed by atoms with Gasteiger partial charge in [0.05, 0.1) is 6.04 Å². The molecule has 0 aromatic heterocycles. The first kappa shape index (κ1) is 20.5. The summed E-state index contributed by atoms with van der Waals surface area (Å²) in [5, 5.41) is 3.29. The summed E-state index contributed by atoms with van der Waals surface area (Å²) in [5.41, 5.74) is 1.33. The molecule has 0 aliphatic heterocycles. The summed E-state index contributed by atoms with van der Waals surface area (Å²) in [6, 6.07) is 13.3. The Balaban J connectivity index is 1.75. The SMILES string of the molecule is CC(=O)c1cccc(OCC(=O)OCC(=O)N[C@H](C)c2cccc(Cl)c2)c1. The molecule has 0 saturated heterocycles. The van der Waals surface area contributed by atoms with E-state index in [-0.39, 0.29) is 18.4 Å². The minimum Gasteiger partial charge on any atom is -0.482 e. The smallest absolute Gasteiger partial charge is 0.344 e. The van der Waals surface area contributed by atoms with Crippen molar-refractivity contribution in [3.05, 3.63) is 64.7 Å². The van der Waals surface area contributed by atoms with E-state index in [0.29, 0.717) is 16.3 Å². The van der Waals surface area contributed by atoms with Crippen LogP contribution < -0.4 is 10.1 Å². The summed E-state index contributed by atoms with van der Waals surface area (Å²) in [6.45, 7) is 2.46. The van der Waals surface area contributed by atoms with E-state index in [1.54, 1.807) is 43.3 Å². The van der Waals surface area contributed by atoms with Crippen molar-refractivity contribution in [1.82, 2.24) is 5.32 Å². The molecule has 142 valence electrons. The van der Waals surface area contributed by atoms with E-state index >= 15 is 0 Å². The number of Topliss-reactive ketones (excluding diaryl/α,β-unsaturated/α-hetero) is 1. The van der Waals surface area contributed by atoms with Gasteiger partial charge in [-0.15, -0.1) is 0 Å². The van der Waals surface area contributed by atoms with Gasteiger partial charge < -0.3 is 14.8 Å². The molecule has 2 aromatic rings. The Morgan fingerprint density at radius 3 is 2.52 bits per heavy atom. The molecule has 0 saturated carbocycles. The van der Waals surface area contributed by atoms with E-state index in [0.717, 1.165) is 5.56 Å². The average Bonchev–Trinajstić information content (AvgIpc) is 2.65. The van der Waals surface area contributed by atoms with Gasteiger partial charge in [-0.05, 0) is 43.7 Å². The largest absolute Gasteiger partial charge is 0.482 e. The first-order valence-electron chi connectivity index (χ1n) is 8.29. The number of halogens is 1. The second-order valence-electron chi connectivity index (χ2n) is 5.88. The number of carbonyl (C=O) groups excluding carboxylic acids is 3. The number of ether oxygens (including phenoxy) is 2. The van der Waals surface area contributed by atoms with Crippen molar-refractivity contribution in [3.8, 4) is 5.75 Å². The van der Waals surface area contributed by atoms with Crippen LogP contribution in [0.5, 0.6) is 5.75 Å². The molecule has 1 N–H and O–H groups in total. The Labute approximate surface area is 162 Å². The van der Waals surface area contributed by atoms with Crippen molar-refractivity contribution >= 4 is 29.3 Å². The summed E-state index contributed by atoms with van der Waals surface area (Å²) in [7, 11) is 0. The number of esters is 1. The number of rotatable bonds is 8. The number of hydrogen-bond donors (Lipinski definition) is 1. The van der Waals surface area contributed by atoms with E-state index in [4.69, 9.17) is 21.1 Å². The summed E-state index contributed by atoms with van der Waals surface area (Å²) in [6.07, 6.45) is 0. The van der Waals surface area contributed by atoms with Crippen molar-refractivity contribution < 1.29 is 23.9 Å². The number of hydrogen-bond acceptors (Lipinski definition) is 5. The van der Waals surface area contributed by atoms with Gasteiger partial charge >= 0.3 is 5.97 Å². The fourth-order valence-electron chi connectivity index (χ4n) is 2.28. The standard InChI is InChI=1S/C20H20ClNO5/c1-13(15-5-3-7-17(21)9-15)22-19(24)11-27-20(25)12-26-18-8-4-6-16(10-18)14(2)23/h3-10,13H,11-12H2,1-2H3,(H,22,24)/t13-/m1/s1. The highest BCUT2D eigenvalue weighted by Crippen LogP contribution is 2.17. The Bertz CT molecular complexity index is 837. The van der Waals surface area contributed by atoms with Gasteiger partial charge in [-0.1, -0.05) is 35.9 Å². The maximum atomic E-state index is 11.9. The second kappa shape index (κ2) is 9.73. The van der Waals surface area contributed by atoms with Crippen molar-refractivity contribution in [2.45, 2.75) is 19.9 Å². The number of benzene rings is 2. The van der Waals surface area contributed by atoms with Crippen LogP contribution in [0.4, 0.5) is 0 Å². The third-order valence-corrected chi connectivity index (χ3v) is 3.92. The zero-order chi connectivity index (χ0) is 19.8. The molecule has 7 heteroatoms. The highest BCUT2D eigenvalue weighted by atomic mass is 35.5. The van der Waals surface area contributed by atoms with Gasteiger partial charge in [-0.2, -0.15) is 0 Å². The fourth-order valence-corrected chi connectivity index (χ4v) is 2.48. The van der Waals surface area contributed by atoms with Crippen LogP contribution in [0.1, 0.15) is 35.8 Å². The highest BCUT2D eigenvalue weighted by Gasteiger charge is 2.13. The van der Waals surface area contributed by atoms with Crippen LogP contribution in [-0.4, -0.2) is 30.9 Å². The number of amides is 1. The van der Waals surface area contributed by atoms with Gasteiger partial charge in [0.25, 0.3) is 5.91 Å². The summed E-state index contributed by atoms with van der Waals surface area (Å²) < 4.78 is 10.2. The van der Waals surface area contributed by atoms with E-state index in [1.807, 2.05) is 6.07 Å². The van der Waals surface area contributed by atoms with Crippen LogP contribution >= 0.6 is 11.6 Å². The van der Waals surface area contributed by atoms with Crippen LogP contribution in [0.2, 0.25) is 5.02 Å². The lowest BCUT2D eigenvalue weighted by Gasteiger charge is -2.14. The Morgan fingerprint density at radius 2 is 1.81 bits per heavy atom. The first-order valence-corrected chi connectivity index (χ1v) is 8.67. The average molecular weight is 390 g/mol. The molecule has 1 amide bonds. The van der Waals surface area contributed by atoms with Gasteiger partial charge in [-0.3, -0.25) is 9.59 Å². The summed E-state index contributed by atoms with van der Waals surface area (Å²) in [4.78, 5) is 35.0. The first-order chi connectivity index (χ1) is 12.8. The Morgan fingerprint density at radius 1 is 1.07 bits per heavy atom. The molecule has 0 heterocycles. The lowest BCUT2D eigenvalue weighted by atomic mass is 10.1. The van der Waals surface area contributed by atoms with Crippen LogP contribution in [0.25, 0.3) is 0 Å². The van der Waals surface area contributed by atoms with Gasteiger partial charge in [0, 0.05) is 10.6 Å². The molecule has 6 nitrogen and oxygen atoms in total. The number of nitrogens with one attached hydrogen (secondary N) is 1. The zero-order valence-corrected chi connectivity index (χ0v) is 15.8. The number of ketones is 1. The van der Waals surface area contributed by atoms with Crippen molar-refractivity contribution in [2.24, 2.45) is 0 Å². The molecule has 2 rings (SSSR count). The fraction of sp³-hybridized carbons (Fsp3) is 0.250. The molecular formula is C20H20ClNO5. The molecular weight excluding hydrogens is 370 g/mol. The van der Waals surface area contributed by atoms with Gasteiger partial charge in [0.1, 0.15) is 5.75 Å². The molecule has 0 unspecified atom stereocenters. The minimum atomic E-state index is -0.686. The topological polar surface area (TPSA) is 81.7 Å². The second-order valence-corrected chi connectivity index (χ2v) is 6.31. The molecule has 0 radical (unpaired) electrons. The van der Waals surface area contributed by atoms with Gasteiger partial charge in [0.2, 0.25) is 0 Å². The molecule has 0 aliphatic carbocycles. The Hall–Kier alpha value is -2.86. The number of carbonyl (C=O) groups is 3.